The second kappa shape index (κ2) is 9.93. The summed E-state index contributed by atoms with van der Waals surface area (Å²) in [6.45, 7) is 1.59. The molecule has 1 aromatic carbocycles. The summed E-state index contributed by atoms with van der Waals surface area (Å²) in [6.07, 6.45) is 2.93. The number of ether oxygens (including phenoxy) is 1. The minimum atomic E-state index is -0.680. The number of carbonyl (C=O) groups is 2. The molecule has 2 saturated heterocycles. The molecule has 1 N–H and O–H groups in total. The molecule has 1 atom stereocenters. The molecule has 3 heterocycles. The van der Waals surface area contributed by atoms with Gasteiger partial charge in [-0.2, -0.15) is 5.26 Å². The Hall–Kier alpha value is -3.26. The Morgan fingerprint density at radius 2 is 2.09 bits per heavy atom. The van der Waals surface area contributed by atoms with E-state index in [1.54, 1.807) is 6.08 Å². The summed E-state index contributed by atoms with van der Waals surface area (Å²) in [7, 11) is 0. The first kappa shape index (κ1) is 23.9. The van der Waals surface area contributed by atoms with Gasteiger partial charge in [0.05, 0.1) is 29.7 Å². The Balaban J connectivity index is 1.64. The number of nitrogens with zero attached hydrogens (tertiary/aromatic N) is 3. The zero-order chi connectivity index (χ0) is 24.4. The molecule has 8 nitrogen and oxygen atoms in total. The molecule has 10 heteroatoms. The van der Waals surface area contributed by atoms with E-state index in [-0.39, 0.29) is 33.7 Å². The zero-order valence-corrected chi connectivity index (χ0v) is 19.9. The number of benzene rings is 1. The average molecular weight is 496 g/mol. The van der Waals surface area contributed by atoms with Crippen LogP contribution in [0.5, 0.6) is 5.88 Å². The van der Waals surface area contributed by atoms with Gasteiger partial charge in [0.1, 0.15) is 16.0 Å². The van der Waals surface area contributed by atoms with Crippen LogP contribution >= 0.6 is 24.0 Å². The van der Waals surface area contributed by atoms with E-state index in [1.807, 2.05) is 36.4 Å². The van der Waals surface area contributed by atoms with Crippen molar-refractivity contribution in [2.75, 3.05) is 13.2 Å². The third-order valence-corrected chi connectivity index (χ3v) is 7.14. The predicted molar refractivity (Wildman–Crippen MR) is 131 cm³/mol. The first-order valence-electron chi connectivity index (χ1n) is 10.6. The maximum absolute atomic E-state index is 13.3. The molecule has 1 amide bonds. The fourth-order valence-electron chi connectivity index (χ4n) is 4.01. The van der Waals surface area contributed by atoms with Gasteiger partial charge in [-0.15, -0.1) is 0 Å². The van der Waals surface area contributed by atoms with Gasteiger partial charge in [-0.3, -0.25) is 23.9 Å². The Morgan fingerprint density at radius 3 is 2.74 bits per heavy atom. The fraction of sp³-hybridized carbons (Fsp3) is 0.292. The smallest absolute Gasteiger partial charge is 0.271 e. The maximum atomic E-state index is 13.3. The molecule has 1 aromatic heterocycles. The molecule has 1 unspecified atom stereocenters. The summed E-state index contributed by atoms with van der Waals surface area (Å²) in [5.41, 5.74) is -0.184. The quantitative estimate of drug-likeness (QED) is 0.370. The van der Waals surface area contributed by atoms with Crippen molar-refractivity contribution in [3.63, 3.8) is 0 Å². The van der Waals surface area contributed by atoms with Crippen molar-refractivity contribution < 1.29 is 19.4 Å². The monoisotopic (exact) mass is 495 g/mol. The first-order chi connectivity index (χ1) is 16.3. The van der Waals surface area contributed by atoms with Gasteiger partial charge in [-0.05, 0) is 37.0 Å². The first-order valence-corrected chi connectivity index (χ1v) is 11.9. The number of aromatic hydroxyl groups is 1. The number of rotatable bonds is 6. The van der Waals surface area contributed by atoms with Crippen LogP contribution in [0, 0.1) is 18.3 Å². The number of carbonyl (C=O) groups excluding carboxylic acids is 2. The van der Waals surface area contributed by atoms with Crippen LogP contribution in [0.1, 0.15) is 39.9 Å². The lowest BCUT2D eigenvalue weighted by Gasteiger charge is -2.19. The third kappa shape index (κ3) is 4.55. The number of thiocarbonyl (C=S) groups is 1. The second-order valence-corrected chi connectivity index (χ2v) is 9.64. The molecule has 2 aromatic rings. The van der Waals surface area contributed by atoms with Gasteiger partial charge in [0.15, 0.2) is 5.78 Å². The lowest BCUT2D eigenvalue weighted by Crippen LogP contribution is -2.35. The van der Waals surface area contributed by atoms with Crippen molar-refractivity contribution in [3.8, 4) is 11.9 Å². The largest absolute Gasteiger partial charge is 0.494 e. The summed E-state index contributed by atoms with van der Waals surface area (Å²) in [5, 5.41) is 20.4. The number of aromatic nitrogens is 1. The lowest BCUT2D eigenvalue weighted by atomic mass is 10.0. The Kier molecular flexibility index (Phi) is 6.97. The van der Waals surface area contributed by atoms with E-state index in [1.165, 1.54) is 6.92 Å². The van der Waals surface area contributed by atoms with Gasteiger partial charge < -0.3 is 9.84 Å². The molecule has 4 rings (SSSR count). The van der Waals surface area contributed by atoms with Gasteiger partial charge in [-0.1, -0.05) is 54.3 Å². The minimum absolute atomic E-state index is 0.0285. The number of hydrogen-bond donors (Lipinski definition) is 1. The van der Waals surface area contributed by atoms with Gasteiger partial charge in [-0.25, -0.2) is 0 Å². The Labute approximate surface area is 205 Å². The van der Waals surface area contributed by atoms with E-state index in [0.29, 0.717) is 17.9 Å². The molecular formula is C24H21N3O5S2. The van der Waals surface area contributed by atoms with Crippen molar-refractivity contribution in [1.82, 2.24) is 9.47 Å². The highest BCUT2D eigenvalue weighted by molar-refractivity contribution is 8.26. The summed E-state index contributed by atoms with van der Waals surface area (Å²) in [5.74, 6) is -1.57. The zero-order valence-electron chi connectivity index (χ0n) is 18.3. The number of Topliss-reactive ketones (excluding diaryl/α,β-unsaturated/α-hetero) is 1. The molecule has 2 aliphatic rings. The Morgan fingerprint density at radius 1 is 1.35 bits per heavy atom. The molecule has 0 bridgehead atoms. The SMILES string of the molecule is Cc1c(C(=O)CN2C(=O)/C(=C/c3ccccc3)SC2=S)c(O)n(CC2CCCO2)c(=O)c1C#N. The van der Waals surface area contributed by atoms with E-state index < -0.39 is 29.7 Å². The van der Waals surface area contributed by atoms with Crippen molar-refractivity contribution in [2.45, 2.75) is 32.4 Å². The number of pyridine rings is 1. The number of hydrogen-bond acceptors (Lipinski definition) is 8. The summed E-state index contributed by atoms with van der Waals surface area (Å²) in [6, 6.07) is 11.1. The van der Waals surface area contributed by atoms with Gasteiger partial charge >= 0.3 is 0 Å². The van der Waals surface area contributed by atoms with E-state index in [2.05, 4.69) is 0 Å². The average Bonchev–Trinajstić information content (AvgIpc) is 3.42. The van der Waals surface area contributed by atoms with Crippen LogP contribution < -0.4 is 5.56 Å². The molecule has 2 aliphatic heterocycles. The molecule has 174 valence electrons. The predicted octanol–water partition coefficient (Wildman–Crippen LogP) is 3.00. The highest BCUT2D eigenvalue weighted by Gasteiger charge is 2.35. The molecule has 34 heavy (non-hydrogen) atoms. The number of ketones is 1. The molecular weight excluding hydrogens is 474 g/mol. The van der Waals surface area contributed by atoms with E-state index >= 15 is 0 Å². The van der Waals surface area contributed by atoms with Crippen LogP contribution in [0.25, 0.3) is 6.08 Å². The normalized spacial score (nSPS) is 19.1. The van der Waals surface area contributed by atoms with Crippen LogP contribution in [-0.4, -0.2) is 49.8 Å². The van der Waals surface area contributed by atoms with Gasteiger partial charge in [0, 0.05) is 6.61 Å². The summed E-state index contributed by atoms with van der Waals surface area (Å²) in [4.78, 5) is 40.5. The highest BCUT2D eigenvalue weighted by atomic mass is 32.2. The molecule has 2 fully saturated rings. The number of thioether (sulfide) groups is 1. The van der Waals surface area contributed by atoms with E-state index in [4.69, 9.17) is 17.0 Å². The highest BCUT2D eigenvalue weighted by Crippen LogP contribution is 2.33. The number of nitriles is 1. The molecule has 0 saturated carbocycles. The number of amides is 1. The standard InChI is InChI=1S/C24H21N3O5S2/c1-14-17(11-25)21(29)26(12-16-8-5-9-32-16)23(31)20(14)18(28)13-27-22(30)19(34-24(27)33)10-15-6-3-2-4-7-15/h2-4,6-7,10,16,31H,5,8-9,12-13H2,1H3/b19-10-. The minimum Gasteiger partial charge on any atom is -0.494 e. The van der Waals surface area contributed by atoms with Crippen molar-refractivity contribution in [2.24, 2.45) is 0 Å². The maximum Gasteiger partial charge on any atom is 0.271 e. The molecule has 0 spiro atoms. The van der Waals surface area contributed by atoms with Crippen LogP contribution in [0.4, 0.5) is 0 Å². The topological polar surface area (TPSA) is 113 Å². The van der Waals surface area contributed by atoms with Crippen molar-refractivity contribution >= 4 is 46.1 Å². The van der Waals surface area contributed by atoms with Crippen molar-refractivity contribution in [3.05, 3.63) is 67.8 Å². The van der Waals surface area contributed by atoms with E-state index in [9.17, 15) is 24.8 Å². The molecule has 0 radical (unpaired) electrons. The third-order valence-electron chi connectivity index (χ3n) is 5.76. The van der Waals surface area contributed by atoms with E-state index in [0.717, 1.165) is 33.2 Å². The van der Waals surface area contributed by atoms with Crippen LogP contribution in [0.15, 0.2) is 40.0 Å². The van der Waals surface area contributed by atoms with Gasteiger partial charge in [0.2, 0.25) is 5.88 Å². The summed E-state index contributed by atoms with van der Waals surface area (Å²) >= 11 is 6.41. The molecule has 0 aliphatic carbocycles. The lowest BCUT2D eigenvalue weighted by molar-refractivity contribution is -0.121. The van der Waals surface area contributed by atoms with Crippen LogP contribution in [0.3, 0.4) is 0 Å². The second-order valence-electron chi connectivity index (χ2n) is 7.96. The fourth-order valence-corrected chi connectivity index (χ4v) is 5.26. The van der Waals surface area contributed by atoms with Gasteiger partial charge in [0.25, 0.3) is 11.5 Å². The van der Waals surface area contributed by atoms with Crippen molar-refractivity contribution in [1.29, 1.82) is 5.26 Å². The van der Waals surface area contributed by atoms with Crippen LogP contribution in [-0.2, 0) is 16.1 Å². The van der Waals surface area contributed by atoms with Crippen LogP contribution in [0.2, 0.25) is 0 Å². The summed E-state index contributed by atoms with van der Waals surface area (Å²) < 4.78 is 6.77. The Bertz CT molecular complexity index is 1300.